The lowest BCUT2D eigenvalue weighted by Gasteiger charge is -2.19. The summed E-state index contributed by atoms with van der Waals surface area (Å²) in [4.78, 5) is 20.9. The lowest BCUT2D eigenvalue weighted by molar-refractivity contribution is -0.113. The third kappa shape index (κ3) is 5.15. The first-order valence-corrected chi connectivity index (χ1v) is 12.3. The molecule has 4 nitrogen and oxygen atoms in total. The number of para-hydroxylation sites is 2. The van der Waals surface area contributed by atoms with Crippen molar-refractivity contribution in [1.82, 2.24) is 0 Å². The minimum absolute atomic E-state index is 0.0574. The zero-order valence-electron chi connectivity index (χ0n) is 19.7. The van der Waals surface area contributed by atoms with E-state index in [-0.39, 0.29) is 5.91 Å². The number of allylic oxidation sites excluding steroid dienone is 2. The van der Waals surface area contributed by atoms with Gasteiger partial charge in [-0.25, -0.2) is 4.99 Å². The molecule has 0 bridgehead atoms. The second-order valence-electron chi connectivity index (χ2n) is 7.76. The highest BCUT2D eigenvalue weighted by atomic mass is 32.2. The van der Waals surface area contributed by atoms with Crippen LogP contribution >= 0.6 is 11.8 Å². The fourth-order valence-corrected chi connectivity index (χ4v) is 4.73. The summed E-state index contributed by atoms with van der Waals surface area (Å²) < 4.78 is 5.22. The van der Waals surface area contributed by atoms with Crippen molar-refractivity contribution < 1.29 is 9.53 Å². The third-order valence-corrected chi connectivity index (χ3v) is 6.65. The molecule has 1 aliphatic heterocycles. The van der Waals surface area contributed by atoms with Gasteiger partial charge in [-0.15, -0.1) is 0 Å². The number of carbonyl (C=O) groups is 1. The van der Waals surface area contributed by atoms with Crippen LogP contribution in [0.3, 0.4) is 0 Å². The van der Waals surface area contributed by atoms with E-state index in [1.165, 1.54) is 11.8 Å². The molecule has 0 atom stereocenters. The smallest absolute Gasteiger partial charge is 0.271 e. The van der Waals surface area contributed by atoms with E-state index in [0.717, 1.165) is 46.7 Å². The number of hydrogen-bond donors (Lipinski definition) is 0. The second-order valence-corrected chi connectivity index (χ2v) is 8.77. The largest absolute Gasteiger partial charge is 0.497 e. The topological polar surface area (TPSA) is 41.9 Å². The fourth-order valence-electron chi connectivity index (χ4n) is 3.79. The number of thioether (sulfide) groups is 1. The predicted octanol–water partition coefficient (Wildman–Crippen LogP) is 7.18. The van der Waals surface area contributed by atoms with Gasteiger partial charge in [0.05, 0.1) is 23.4 Å². The highest BCUT2D eigenvalue weighted by molar-refractivity contribution is 8.19. The van der Waals surface area contributed by atoms with E-state index in [1.807, 2.05) is 78.9 Å². The highest BCUT2D eigenvalue weighted by Gasteiger charge is 2.35. The first kappa shape index (κ1) is 23.6. The number of methoxy groups -OCH3 is 1. The normalized spacial score (nSPS) is 16.2. The van der Waals surface area contributed by atoms with Crippen molar-refractivity contribution in [2.45, 2.75) is 26.7 Å². The quantitative estimate of drug-likeness (QED) is 0.345. The van der Waals surface area contributed by atoms with Gasteiger partial charge in [0.25, 0.3) is 5.91 Å². The summed E-state index contributed by atoms with van der Waals surface area (Å²) in [6.07, 6.45) is 7.47. The Hall–Kier alpha value is -3.57. The maximum absolute atomic E-state index is 13.6. The molecule has 1 heterocycles. The zero-order valence-corrected chi connectivity index (χ0v) is 20.5. The average molecular weight is 469 g/mol. The number of benzene rings is 3. The van der Waals surface area contributed by atoms with E-state index in [0.29, 0.717) is 10.1 Å². The van der Waals surface area contributed by atoms with Crippen LogP contribution in [0, 0.1) is 0 Å². The van der Waals surface area contributed by atoms with Gasteiger partial charge in [-0.3, -0.25) is 9.69 Å². The number of carbonyl (C=O) groups excluding carboxylic acids is 1. The Kier molecular flexibility index (Phi) is 7.65. The molecule has 34 heavy (non-hydrogen) atoms. The number of amidine groups is 1. The van der Waals surface area contributed by atoms with Crippen LogP contribution in [0.15, 0.2) is 94.8 Å². The van der Waals surface area contributed by atoms with Crippen LogP contribution in [-0.4, -0.2) is 18.2 Å². The van der Waals surface area contributed by atoms with Crippen molar-refractivity contribution in [2.24, 2.45) is 4.99 Å². The molecule has 0 aromatic heterocycles. The van der Waals surface area contributed by atoms with E-state index in [4.69, 9.17) is 9.73 Å². The number of amides is 1. The van der Waals surface area contributed by atoms with Gasteiger partial charge in [0, 0.05) is 0 Å². The monoisotopic (exact) mass is 468 g/mol. The summed E-state index contributed by atoms with van der Waals surface area (Å²) in [6.45, 7) is 4.22. The van der Waals surface area contributed by atoms with Gasteiger partial charge >= 0.3 is 0 Å². The predicted molar refractivity (Wildman–Crippen MR) is 144 cm³/mol. The maximum Gasteiger partial charge on any atom is 0.271 e. The molecule has 3 aromatic rings. The molecule has 0 radical (unpaired) electrons. The molecule has 0 unspecified atom stereocenters. The maximum atomic E-state index is 13.6. The number of nitrogens with zero attached hydrogens (tertiary/aromatic N) is 2. The Morgan fingerprint density at radius 3 is 2.29 bits per heavy atom. The summed E-state index contributed by atoms with van der Waals surface area (Å²) in [7, 11) is 1.65. The third-order valence-electron chi connectivity index (χ3n) is 5.66. The summed E-state index contributed by atoms with van der Waals surface area (Å²) >= 11 is 1.41. The summed E-state index contributed by atoms with van der Waals surface area (Å²) in [6, 6.07) is 23.9. The summed E-state index contributed by atoms with van der Waals surface area (Å²) in [5, 5.41) is 0.677. The number of aryl methyl sites for hydroxylation is 2. The molecule has 0 aliphatic carbocycles. The number of rotatable bonds is 7. The SMILES string of the molecule is CCc1ccccc1N=C1S/C(=C/C=C\c2ccc(OC)cc2)C(=O)N1c1ccccc1CC. The van der Waals surface area contributed by atoms with Crippen LogP contribution in [0.4, 0.5) is 11.4 Å². The summed E-state index contributed by atoms with van der Waals surface area (Å²) in [5.74, 6) is 0.758. The first-order valence-electron chi connectivity index (χ1n) is 11.4. The molecule has 0 saturated carbocycles. The van der Waals surface area contributed by atoms with Crippen molar-refractivity contribution in [1.29, 1.82) is 0 Å². The molecule has 3 aromatic carbocycles. The van der Waals surface area contributed by atoms with Crippen molar-refractivity contribution in [2.75, 3.05) is 12.0 Å². The molecule has 1 aliphatic rings. The van der Waals surface area contributed by atoms with Crippen LogP contribution in [0.25, 0.3) is 6.08 Å². The molecule has 172 valence electrons. The van der Waals surface area contributed by atoms with Crippen molar-refractivity contribution in [3.63, 3.8) is 0 Å². The Balaban J connectivity index is 1.71. The van der Waals surface area contributed by atoms with Crippen LogP contribution < -0.4 is 9.64 Å². The van der Waals surface area contributed by atoms with Gasteiger partial charge in [-0.2, -0.15) is 0 Å². The highest BCUT2D eigenvalue weighted by Crippen LogP contribution is 2.38. The lowest BCUT2D eigenvalue weighted by atomic mass is 10.1. The van der Waals surface area contributed by atoms with Gasteiger partial charge < -0.3 is 4.74 Å². The van der Waals surface area contributed by atoms with Crippen molar-refractivity contribution in [3.05, 3.63) is 107 Å². The van der Waals surface area contributed by atoms with Crippen LogP contribution in [0.1, 0.15) is 30.5 Å². The molecular weight excluding hydrogens is 440 g/mol. The minimum Gasteiger partial charge on any atom is -0.497 e. The van der Waals surface area contributed by atoms with E-state index in [1.54, 1.807) is 12.0 Å². The van der Waals surface area contributed by atoms with Crippen LogP contribution in [-0.2, 0) is 17.6 Å². The van der Waals surface area contributed by atoms with E-state index >= 15 is 0 Å². The Morgan fingerprint density at radius 2 is 1.59 bits per heavy atom. The Bertz CT molecular complexity index is 1260. The van der Waals surface area contributed by atoms with Gasteiger partial charge in [-0.1, -0.05) is 74.5 Å². The number of anilines is 1. The number of ether oxygens (including phenoxy) is 1. The molecule has 5 heteroatoms. The number of aliphatic imine (C=N–C) groups is 1. The fraction of sp³-hybridized carbons (Fsp3) is 0.172. The first-order chi connectivity index (χ1) is 16.6. The molecule has 1 saturated heterocycles. The average Bonchev–Trinajstić information content (AvgIpc) is 3.19. The van der Waals surface area contributed by atoms with Crippen LogP contribution in [0.2, 0.25) is 0 Å². The lowest BCUT2D eigenvalue weighted by Crippen LogP contribution is -2.29. The van der Waals surface area contributed by atoms with E-state index in [9.17, 15) is 4.79 Å². The van der Waals surface area contributed by atoms with E-state index in [2.05, 4.69) is 26.0 Å². The van der Waals surface area contributed by atoms with Gasteiger partial charge in [0.15, 0.2) is 5.17 Å². The summed E-state index contributed by atoms with van der Waals surface area (Å²) in [5.41, 5.74) is 5.09. The van der Waals surface area contributed by atoms with Crippen LogP contribution in [0.5, 0.6) is 5.75 Å². The molecule has 1 amide bonds. The van der Waals surface area contributed by atoms with Gasteiger partial charge in [0.2, 0.25) is 0 Å². The van der Waals surface area contributed by atoms with Crippen molar-refractivity contribution in [3.8, 4) is 5.75 Å². The molecule has 1 fully saturated rings. The number of hydrogen-bond acceptors (Lipinski definition) is 4. The molecule has 4 rings (SSSR count). The standard InChI is InChI=1S/C29H28N2O2S/c1-4-22-12-6-8-14-25(22)30-29-31(26-15-9-7-13-23(26)5-2)28(32)27(34-29)16-10-11-21-17-19-24(33-3)20-18-21/h6-20H,4-5H2,1-3H3/b11-10-,27-16+,30-29?. The second kappa shape index (κ2) is 11.0. The molecular formula is C29H28N2O2S. The van der Waals surface area contributed by atoms with Crippen molar-refractivity contribution >= 4 is 40.3 Å². The minimum atomic E-state index is -0.0574. The Labute approximate surface area is 205 Å². The Morgan fingerprint density at radius 1 is 0.912 bits per heavy atom. The van der Waals surface area contributed by atoms with Gasteiger partial charge in [0.1, 0.15) is 5.75 Å². The molecule has 0 spiro atoms. The van der Waals surface area contributed by atoms with Gasteiger partial charge in [-0.05, 0) is 71.6 Å². The van der Waals surface area contributed by atoms with E-state index < -0.39 is 0 Å². The molecule has 0 N–H and O–H groups in total. The zero-order chi connectivity index (χ0) is 23.9.